The highest BCUT2D eigenvalue weighted by atomic mass is 16.3. The van der Waals surface area contributed by atoms with Gasteiger partial charge in [-0.05, 0) is 37.5 Å². The van der Waals surface area contributed by atoms with Crippen molar-refractivity contribution in [3.63, 3.8) is 0 Å². The second kappa shape index (κ2) is 6.23. The number of hydrogen-bond acceptors (Lipinski definition) is 3. The molecule has 1 unspecified atom stereocenters. The Kier molecular flexibility index (Phi) is 4.92. The number of aliphatic hydroxyl groups is 1. The van der Waals surface area contributed by atoms with Crippen LogP contribution in [0.25, 0.3) is 0 Å². The van der Waals surface area contributed by atoms with Gasteiger partial charge in [-0.2, -0.15) is 0 Å². The molecule has 1 amide bonds. The lowest BCUT2D eigenvalue weighted by Crippen LogP contribution is -2.24. The van der Waals surface area contributed by atoms with Crippen LogP contribution in [0.5, 0.6) is 0 Å². The van der Waals surface area contributed by atoms with E-state index in [1.165, 1.54) is 0 Å². The quantitative estimate of drug-likeness (QED) is 0.786. The number of nitrogens with zero attached hydrogens (tertiary/aromatic N) is 1. The molecule has 1 atom stereocenters. The number of amides is 1. The minimum atomic E-state index is -0.425. The molecule has 4 heteroatoms. The van der Waals surface area contributed by atoms with Gasteiger partial charge >= 0.3 is 0 Å². The molecule has 4 nitrogen and oxygen atoms in total. The van der Waals surface area contributed by atoms with Crippen LogP contribution in [0.2, 0.25) is 0 Å². The van der Waals surface area contributed by atoms with Crippen molar-refractivity contribution in [1.82, 2.24) is 10.3 Å². The first-order valence-corrected chi connectivity index (χ1v) is 5.44. The maximum Gasteiger partial charge on any atom is 0.220 e. The van der Waals surface area contributed by atoms with E-state index in [1.54, 1.807) is 19.3 Å². The number of carbonyl (C=O) groups excluding carboxylic acids is 1. The second-order valence-corrected chi connectivity index (χ2v) is 3.97. The maximum absolute atomic E-state index is 11.4. The Hall–Kier alpha value is -1.42. The highest BCUT2D eigenvalue weighted by molar-refractivity contribution is 5.75. The first kappa shape index (κ1) is 12.6. The van der Waals surface area contributed by atoms with E-state index < -0.39 is 6.10 Å². The number of aromatic nitrogens is 1. The monoisotopic (exact) mass is 222 g/mol. The lowest BCUT2D eigenvalue weighted by atomic mass is 10.1. The molecule has 1 heterocycles. The number of rotatable bonds is 5. The molecule has 88 valence electrons. The molecular formula is C12H18N2O2. The molecule has 0 bridgehead atoms. The van der Waals surface area contributed by atoms with Crippen molar-refractivity contribution in [3.05, 3.63) is 29.6 Å². The van der Waals surface area contributed by atoms with Gasteiger partial charge in [0.2, 0.25) is 5.91 Å². The minimum absolute atomic E-state index is 0.0378. The Labute approximate surface area is 95.7 Å². The van der Waals surface area contributed by atoms with Gasteiger partial charge in [0.05, 0.1) is 6.10 Å². The molecule has 0 aliphatic rings. The van der Waals surface area contributed by atoms with E-state index in [0.717, 1.165) is 11.1 Å². The third-order valence-electron chi connectivity index (χ3n) is 2.41. The summed E-state index contributed by atoms with van der Waals surface area (Å²) in [5.74, 6) is -0.0378. The van der Waals surface area contributed by atoms with Crippen LogP contribution in [0.1, 0.15) is 30.9 Å². The summed E-state index contributed by atoms with van der Waals surface area (Å²) in [4.78, 5) is 15.4. The zero-order valence-corrected chi connectivity index (χ0v) is 9.73. The van der Waals surface area contributed by atoms with E-state index in [9.17, 15) is 4.79 Å². The van der Waals surface area contributed by atoms with E-state index in [4.69, 9.17) is 5.11 Å². The second-order valence-electron chi connectivity index (χ2n) is 3.97. The number of carbonyl (C=O) groups is 1. The zero-order valence-electron chi connectivity index (χ0n) is 9.73. The van der Waals surface area contributed by atoms with Crippen LogP contribution in [-0.2, 0) is 11.3 Å². The Morgan fingerprint density at radius 2 is 2.38 bits per heavy atom. The molecular weight excluding hydrogens is 204 g/mol. The lowest BCUT2D eigenvalue weighted by Gasteiger charge is -2.08. The predicted octanol–water partition coefficient (Wildman–Crippen LogP) is 1.17. The van der Waals surface area contributed by atoms with Crippen LogP contribution in [0, 0.1) is 6.92 Å². The third kappa shape index (κ3) is 4.40. The topological polar surface area (TPSA) is 62.2 Å². The largest absolute Gasteiger partial charge is 0.393 e. The summed E-state index contributed by atoms with van der Waals surface area (Å²) < 4.78 is 0. The van der Waals surface area contributed by atoms with Gasteiger partial charge in [-0.25, -0.2) is 0 Å². The molecule has 0 saturated carbocycles. The number of hydrogen-bond donors (Lipinski definition) is 2. The Morgan fingerprint density at radius 1 is 1.62 bits per heavy atom. The summed E-state index contributed by atoms with van der Waals surface area (Å²) in [7, 11) is 0. The molecule has 0 aromatic carbocycles. The predicted molar refractivity (Wildman–Crippen MR) is 61.7 cm³/mol. The molecule has 16 heavy (non-hydrogen) atoms. The fourth-order valence-electron chi connectivity index (χ4n) is 1.30. The Bertz CT molecular complexity index is 351. The summed E-state index contributed by atoms with van der Waals surface area (Å²) in [6, 6.07) is 1.91. The molecule has 1 rings (SSSR count). The molecule has 0 aliphatic heterocycles. The fourth-order valence-corrected chi connectivity index (χ4v) is 1.30. The van der Waals surface area contributed by atoms with Crippen molar-refractivity contribution in [2.75, 3.05) is 0 Å². The van der Waals surface area contributed by atoms with E-state index in [2.05, 4.69) is 10.3 Å². The average molecular weight is 222 g/mol. The summed E-state index contributed by atoms with van der Waals surface area (Å²) >= 11 is 0. The van der Waals surface area contributed by atoms with Crippen molar-refractivity contribution in [2.45, 2.75) is 39.3 Å². The highest BCUT2D eigenvalue weighted by Gasteiger charge is 2.04. The van der Waals surface area contributed by atoms with Gasteiger partial charge in [0.1, 0.15) is 0 Å². The van der Waals surface area contributed by atoms with E-state index >= 15 is 0 Å². The van der Waals surface area contributed by atoms with Crippen LogP contribution in [0.3, 0.4) is 0 Å². The van der Waals surface area contributed by atoms with Gasteiger partial charge in [0.25, 0.3) is 0 Å². The molecule has 0 spiro atoms. The summed E-state index contributed by atoms with van der Waals surface area (Å²) in [6.45, 7) is 4.16. The number of aryl methyl sites for hydroxylation is 1. The maximum atomic E-state index is 11.4. The smallest absolute Gasteiger partial charge is 0.220 e. The molecule has 1 aromatic heterocycles. The van der Waals surface area contributed by atoms with E-state index in [-0.39, 0.29) is 5.91 Å². The average Bonchev–Trinajstić information content (AvgIpc) is 2.25. The van der Waals surface area contributed by atoms with Gasteiger partial charge < -0.3 is 10.4 Å². The van der Waals surface area contributed by atoms with Gasteiger partial charge in [0.15, 0.2) is 0 Å². The molecule has 2 N–H and O–H groups in total. The normalized spacial score (nSPS) is 12.2. The molecule has 1 aromatic rings. The third-order valence-corrected chi connectivity index (χ3v) is 2.41. The summed E-state index contributed by atoms with van der Waals surface area (Å²) in [6.07, 6.45) is 3.92. The van der Waals surface area contributed by atoms with Gasteiger partial charge in [-0.15, -0.1) is 0 Å². The zero-order chi connectivity index (χ0) is 12.0. The molecule has 0 fully saturated rings. The SMILES string of the molecule is Cc1ccncc1CNC(=O)CCC(C)O. The van der Waals surface area contributed by atoms with E-state index in [0.29, 0.717) is 19.4 Å². The van der Waals surface area contributed by atoms with Crippen LogP contribution < -0.4 is 5.32 Å². The van der Waals surface area contributed by atoms with Gasteiger partial charge in [0, 0.05) is 25.4 Å². The van der Waals surface area contributed by atoms with Crippen molar-refractivity contribution in [2.24, 2.45) is 0 Å². The number of nitrogens with one attached hydrogen (secondary N) is 1. The summed E-state index contributed by atoms with van der Waals surface area (Å²) in [5, 5.41) is 11.8. The summed E-state index contributed by atoms with van der Waals surface area (Å²) in [5.41, 5.74) is 2.14. The minimum Gasteiger partial charge on any atom is -0.393 e. The van der Waals surface area contributed by atoms with Crippen LogP contribution in [-0.4, -0.2) is 22.1 Å². The van der Waals surface area contributed by atoms with Crippen molar-refractivity contribution < 1.29 is 9.90 Å². The number of aliphatic hydroxyl groups excluding tert-OH is 1. The Morgan fingerprint density at radius 3 is 3.00 bits per heavy atom. The first-order chi connectivity index (χ1) is 7.59. The molecule has 0 radical (unpaired) electrons. The Balaban J connectivity index is 2.35. The van der Waals surface area contributed by atoms with Crippen LogP contribution >= 0.6 is 0 Å². The van der Waals surface area contributed by atoms with Crippen molar-refractivity contribution in [1.29, 1.82) is 0 Å². The van der Waals surface area contributed by atoms with Crippen molar-refractivity contribution in [3.8, 4) is 0 Å². The molecule has 0 saturated heterocycles. The standard InChI is InChI=1S/C12H18N2O2/c1-9-5-6-13-7-11(9)8-14-12(16)4-3-10(2)15/h5-7,10,15H,3-4,8H2,1-2H3,(H,14,16). The highest BCUT2D eigenvalue weighted by Crippen LogP contribution is 2.04. The lowest BCUT2D eigenvalue weighted by molar-refractivity contribution is -0.121. The van der Waals surface area contributed by atoms with Gasteiger partial charge in [-0.1, -0.05) is 0 Å². The van der Waals surface area contributed by atoms with Crippen molar-refractivity contribution >= 4 is 5.91 Å². The van der Waals surface area contributed by atoms with Gasteiger partial charge in [-0.3, -0.25) is 9.78 Å². The number of pyridine rings is 1. The molecule has 0 aliphatic carbocycles. The first-order valence-electron chi connectivity index (χ1n) is 5.44. The van der Waals surface area contributed by atoms with E-state index in [1.807, 2.05) is 13.0 Å². The fraction of sp³-hybridized carbons (Fsp3) is 0.500. The van der Waals surface area contributed by atoms with Crippen LogP contribution in [0.15, 0.2) is 18.5 Å². The van der Waals surface area contributed by atoms with Crippen LogP contribution in [0.4, 0.5) is 0 Å².